The van der Waals surface area contributed by atoms with Crippen molar-refractivity contribution in [1.29, 1.82) is 0 Å². The number of hydrogen-bond donors (Lipinski definition) is 2. The monoisotopic (exact) mass is 223 g/mol. The van der Waals surface area contributed by atoms with E-state index in [4.69, 9.17) is 9.84 Å². The highest BCUT2D eigenvalue weighted by Crippen LogP contribution is 2.29. The number of nitrogens with zero attached hydrogens (tertiary/aromatic N) is 1. The highest BCUT2D eigenvalue weighted by Gasteiger charge is 2.31. The van der Waals surface area contributed by atoms with Crippen LogP contribution in [0.3, 0.4) is 0 Å². The molecule has 0 amide bonds. The molecule has 0 bridgehead atoms. The van der Waals surface area contributed by atoms with E-state index in [1.165, 1.54) is 0 Å². The topological polar surface area (TPSA) is 62.6 Å². The van der Waals surface area contributed by atoms with E-state index in [-0.39, 0.29) is 6.61 Å². The number of rotatable bonds is 4. The lowest BCUT2D eigenvalue weighted by Crippen LogP contribution is -2.32. The molecule has 88 valence electrons. The van der Waals surface area contributed by atoms with Gasteiger partial charge in [0.15, 0.2) is 0 Å². The van der Waals surface area contributed by atoms with E-state index in [0.717, 1.165) is 25.7 Å². The molecular formula is C12H17NO3. The Hall–Kier alpha value is -1.13. The lowest BCUT2D eigenvalue weighted by Gasteiger charge is -2.22. The number of hydrogen-bond acceptors (Lipinski definition) is 4. The van der Waals surface area contributed by atoms with Gasteiger partial charge in [0.2, 0.25) is 0 Å². The van der Waals surface area contributed by atoms with Gasteiger partial charge in [0.25, 0.3) is 0 Å². The maximum absolute atomic E-state index is 10.1. The van der Waals surface area contributed by atoms with Crippen LogP contribution in [0.2, 0.25) is 0 Å². The fraction of sp³-hybridized carbons (Fsp3) is 0.583. The smallest absolute Gasteiger partial charge is 0.137 e. The summed E-state index contributed by atoms with van der Waals surface area (Å²) in [6.45, 7) is 0.261. The van der Waals surface area contributed by atoms with Crippen molar-refractivity contribution in [2.24, 2.45) is 0 Å². The second-order valence-corrected chi connectivity index (χ2v) is 4.36. The first-order chi connectivity index (χ1) is 7.72. The van der Waals surface area contributed by atoms with Crippen molar-refractivity contribution in [2.45, 2.75) is 37.9 Å². The quantitative estimate of drug-likeness (QED) is 0.806. The zero-order valence-corrected chi connectivity index (χ0v) is 9.22. The third kappa shape index (κ3) is 2.71. The molecule has 1 fully saturated rings. The van der Waals surface area contributed by atoms with Crippen molar-refractivity contribution in [3.05, 3.63) is 24.0 Å². The summed E-state index contributed by atoms with van der Waals surface area (Å²) in [4.78, 5) is 4.01. The largest absolute Gasteiger partial charge is 0.489 e. The van der Waals surface area contributed by atoms with Crippen LogP contribution in [-0.4, -0.2) is 27.4 Å². The van der Waals surface area contributed by atoms with Gasteiger partial charge in [-0.15, -0.1) is 0 Å². The molecule has 4 heteroatoms. The SMILES string of the molecule is OCc1ccc(OCC2(O)CCCC2)cn1. The first-order valence-corrected chi connectivity index (χ1v) is 5.63. The van der Waals surface area contributed by atoms with E-state index in [9.17, 15) is 5.11 Å². The third-order valence-corrected chi connectivity index (χ3v) is 3.00. The van der Waals surface area contributed by atoms with E-state index in [1.54, 1.807) is 18.3 Å². The molecule has 1 heterocycles. The molecule has 1 aromatic heterocycles. The van der Waals surface area contributed by atoms with Crippen LogP contribution in [0.15, 0.2) is 18.3 Å². The molecule has 0 unspecified atom stereocenters. The van der Waals surface area contributed by atoms with Gasteiger partial charge in [0.05, 0.1) is 24.1 Å². The average Bonchev–Trinajstić information content (AvgIpc) is 2.75. The Balaban J connectivity index is 1.89. The van der Waals surface area contributed by atoms with E-state index < -0.39 is 5.60 Å². The molecule has 2 N–H and O–H groups in total. The molecule has 0 radical (unpaired) electrons. The van der Waals surface area contributed by atoms with Gasteiger partial charge in [0, 0.05) is 0 Å². The highest BCUT2D eigenvalue weighted by atomic mass is 16.5. The van der Waals surface area contributed by atoms with E-state index in [0.29, 0.717) is 18.1 Å². The number of pyridine rings is 1. The second-order valence-electron chi connectivity index (χ2n) is 4.36. The summed E-state index contributed by atoms with van der Waals surface area (Å²) in [5.41, 5.74) is -0.0396. The van der Waals surface area contributed by atoms with Crippen LogP contribution < -0.4 is 4.74 Å². The molecule has 0 atom stereocenters. The minimum Gasteiger partial charge on any atom is -0.489 e. The molecule has 0 spiro atoms. The fourth-order valence-electron chi connectivity index (χ4n) is 1.98. The summed E-state index contributed by atoms with van der Waals surface area (Å²) in [5, 5.41) is 18.9. The fourth-order valence-corrected chi connectivity index (χ4v) is 1.98. The maximum Gasteiger partial charge on any atom is 0.137 e. The Morgan fingerprint density at radius 3 is 2.62 bits per heavy atom. The van der Waals surface area contributed by atoms with Crippen molar-refractivity contribution >= 4 is 0 Å². The summed E-state index contributed by atoms with van der Waals surface area (Å²) < 4.78 is 5.50. The van der Waals surface area contributed by atoms with Crippen LogP contribution in [0, 0.1) is 0 Å². The third-order valence-electron chi connectivity index (χ3n) is 3.00. The number of aliphatic hydroxyl groups excluding tert-OH is 1. The van der Waals surface area contributed by atoms with Gasteiger partial charge in [-0.1, -0.05) is 12.8 Å². The van der Waals surface area contributed by atoms with Crippen molar-refractivity contribution in [1.82, 2.24) is 4.98 Å². The van der Waals surface area contributed by atoms with Gasteiger partial charge in [-0.25, -0.2) is 0 Å². The maximum atomic E-state index is 10.1. The Bertz CT molecular complexity index is 331. The zero-order chi connectivity index (χ0) is 11.4. The standard InChI is InChI=1S/C12H17NO3/c14-8-10-3-4-11(7-13-10)16-9-12(15)5-1-2-6-12/h3-4,7,14-15H,1-2,5-6,8-9H2. The first kappa shape index (κ1) is 11.4. The van der Waals surface area contributed by atoms with Crippen LogP contribution in [0.5, 0.6) is 5.75 Å². The van der Waals surface area contributed by atoms with Gasteiger partial charge in [-0.05, 0) is 25.0 Å². The van der Waals surface area contributed by atoms with Crippen molar-refractivity contribution in [3.8, 4) is 5.75 Å². The molecule has 0 saturated heterocycles. The minimum absolute atomic E-state index is 0.0653. The van der Waals surface area contributed by atoms with Gasteiger partial charge >= 0.3 is 0 Å². The Kier molecular flexibility index (Phi) is 3.41. The highest BCUT2D eigenvalue weighted by molar-refractivity contribution is 5.19. The van der Waals surface area contributed by atoms with Crippen molar-refractivity contribution in [3.63, 3.8) is 0 Å². The van der Waals surface area contributed by atoms with E-state index in [1.807, 2.05) is 0 Å². The second kappa shape index (κ2) is 4.80. The molecule has 2 rings (SSSR count). The predicted molar refractivity (Wildman–Crippen MR) is 59.1 cm³/mol. The van der Waals surface area contributed by atoms with Crippen LogP contribution in [0.4, 0.5) is 0 Å². The zero-order valence-electron chi connectivity index (χ0n) is 9.22. The van der Waals surface area contributed by atoms with Gasteiger partial charge < -0.3 is 14.9 Å². The molecule has 1 aliphatic carbocycles. The van der Waals surface area contributed by atoms with Crippen molar-refractivity contribution < 1.29 is 14.9 Å². The summed E-state index contributed by atoms with van der Waals surface area (Å²) in [7, 11) is 0. The lowest BCUT2D eigenvalue weighted by molar-refractivity contribution is 0.00129. The van der Waals surface area contributed by atoms with Crippen LogP contribution >= 0.6 is 0 Å². The van der Waals surface area contributed by atoms with Gasteiger partial charge in [-0.2, -0.15) is 0 Å². The van der Waals surface area contributed by atoms with Gasteiger partial charge in [-0.3, -0.25) is 4.98 Å². The average molecular weight is 223 g/mol. The van der Waals surface area contributed by atoms with E-state index >= 15 is 0 Å². The number of ether oxygens (including phenoxy) is 1. The normalized spacial score (nSPS) is 18.6. The van der Waals surface area contributed by atoms with Crippen LogP contribution in [0.25, 0.3) is 0 Å². The molecule has 1 aliphatic rings. The molecule has 0 aliphatic heterocycles. The lowest BCUT2D eigenvalue weighted by atomic mass is 10.0. The molecule has 16 heavy (non-hydrogen) atoms. The molecule has 4 nitrogen and oxygen atoms in total. The summed E-state index contributed by atoms with van der Waals surface area (Å²) >= 11 is 0. The van der Waals surface area contributed by atoms with Crippen LogP contribution in [0.1, 0.15) is 31.4 Å². The Morgan fingerprint density at radius 2 is 2.06 bits per heavy atom. The minimum atomic E-state index is -0.657. The summed E-state index contributed by atoms with van der Waals surface area (Å²) in [6, 6.07) is 3.48. The first-order valence-electron chi connectivity index (χ1n) is 5.63. The van der Waals surface area contributed by atoms with Crippen LogP contribution in [-0.2, 0) is 6.61 Å². The van der Waals surface area contributed by atoms with Gasteiger partial charge in [0.1, 0.15) is 12.4 Å². The summed E-state index contributed by atoms with van der Waals surface area (Å²) in [6.07, 6.45) is 5.34. The van der Waals surface area contributed by atoms with E-state index in [2.05, 4.69) is 4.98 Å². The Morgan fingerprint density at radius 1 is 1.31 bits per heavy atom. The molecule has 1 saturated carbocycles. The molecule has 0 aromatic carbocycles. The summed E-state index contributed by atoms with van der Waals surface area (Å²) in [5.74, 6) is 0.637. The number of aromatic nitrogens is 1. The van der Waals surface area contributed by atoms with Crippen molar-refractivity contribution in [2.75, 3.05) is 6.61 Å². The predicted octanol–water partition coefficient (Wildman–Crippen LogP) is 1.26. The Labute approximate surface area is 94.9 Å². The molecular weight excluding hydrogens is 206 g/mol. The molecule has 1 aromatic rings. The number of aliphatic hydroxyl groups is 2.